The standard InChI is InChI=1S/C13H26N2/c14-13-8-10-15-9-7-12(13)11-5-3-1-2-4-6-11/h11-13,15H,1-10,14H2. The molecule has 2 unspecified atom stereocenters. The van der Waals surface area contributed by atoms with E-state index in [0.717, 1.165) is 18.4 Å². The van der Waals surface area contributed by atoms with E-state index in [0.29, 0.717) is 6.04 Å². The van der Waals surface area contributed by atoms with Crippen molar-refractivity contribution in [2.24, 2.45) is 17.6 Å². The summed E-state index contributed by atoms with van der Waals surface area (Å²) in [6.45, 7) is 2.32. The average molecular weight is 210 g/mol. The molecule has 1 saturated heterocycles. The van der Waals surface area contributed by atoms with Gasteiger partial charge in [0.05, 0.1) is 0 Å². The van der Waals surface area contributed by atoms with Crippen LogP contribution in [0.25, 0.3) is 0 Å². The summed E-state index contributed by atoms with van der Waals surface area (Å²) in [6, 6.07) is 0.461. The molecule has 2 fully saturated rings. The summed E-state index contributed by atoms with van der Waals surface area (Å²) in [7, 11) is 0. The van der Waals surface area contributed by atoms with Crippen molar-refractivity contribution in [3.8, 4) is 0 Å². The van der Waals surface area contributed by atoms with Gasteiger partial charge in [0, 0.05) is 6.04 Å². The van der Waals surface area contributed by atoms with Crippen LogP contribution in [0.2, 0.25) is 0 Å². The maximum atomic E-state index is 6.32. The predicted octanol–water partition coefficient (Wildman–Crippen LogP) is 2.28. The van der Waals surface area contributed by atoms with Gasteiger partial charge in [0.25, 0.3) is 0 Å². The predicted molar refractivity (Wildman–Crippen MR) is 64.8 cm³/mol. The highest BCUT2D eigenvalue weighted by atomic mass is 14.9. The van der Waals surface area contributed by atoms with Crippen molar-refractivity contribution >= 4 is 0 Å². The first-order chi connectivity index (χ1) is 7.38. The maximum absolute atomic E-state index is 6.32. The van der Waals surface area contributed by atoms with Gasteiger partial charge in [0.2, 0.25) is 0 Å². The quantitative estimate of drug-likeness (QED) is 0.652. The first-order valence-corrected chi connectivity index (χ1v) is 6.84. The lowest BCUT2D eigenvalue weighted by molar-refractivity contribution is 0.246. The van der Waals surface area contributed by atoms with Crippen LogP contribution in [0.4, 0.5) is 0 Å². The lowest BCUT2D eigenvalue weighted by Crippen LogP contribution is -2.35. The SMILES string of the molecule is NC1CCNCCC1C1CCCCCC1. The van der Waals surface area contributed by atoms with E-state index >= 15 is 0 Å². The number of nitrogens with two attached hydrogens (primary N) is 1. The summed E-state index contributed by atoms with van der Waals surface area (Å²) in [5.41, 5.74) is 6.32. The summed E-state index contributed by atoms with van der Waals surface area (Å²) < 4.78 is 0. The number of nitrogens with one attached hydrogen (secondary N) is 1. The van der Waals surface area contributed by atoms with Crippen molar-refractivity contribution in [1.82, 2.24) is 5.32 Å². The highest BCUT2D eigenvalue weighted by Gasteiger charge is 2.28. The second kappa shape index (κ2) is 5.86. The molecule has 2 aliphatic rings. The Bertz CT molecular complexity index is 173. The van der Waals surface area contributed by atoms with Gasteiger partial charge in [-0.25, -0.2) is 0 Å². The fourth-order valence-electron chi connectivity index (χ4n) is 3.41. The molecular weight excluding hydrogens is 184 g/mol. The first kappa shape index (κ1) is 11.4. The Morgan fingerprint density at radius 2 is 1.47 bits per heavy atom. The van der Waals surface area contributed by atoms with Crippen LogP contribution < -0.4 is 11.1 Å². The minimum Gasteiger partial charge on any atom is -0.327 e. The maximum Gasteiger partial charge on any atom is 0.00823 e. The van der Waals surface area contributed by atoms with E-state index in [2.05, 4.69) is 5.32 Å². The van der Waals surface area contributed by atoms with Crippen molar-refractivity contribution in [2.45, 2.75) is 57.4 Å². The molecule has 1 heterocycles. The Labute approximate surface area is 94.0 Å². The molecule has 0 aromatic heterocycles. The summed E-state index contributed by atoms with van der Waals surface area (Å²) >= 11 is 0. The minimum atomic E-state index is 0.461. The van der Waals surface area contributed by atoms with Gasteiger partial charge in [0.15, 0.2) is 0 Å². The molecule has 1 aliphatic heterocycles. The zero-order valence-electron chi connectivity index (χ0n) is 9.88. The lowest BCUT2D eigenvalue weighted by atomic mass is 9.79. The summed E-state index contributed by atoms with van der Waals surface area (Å²) in [5.74, 6) is 1.74. The third-order valence-corrected chi connectivity index (χ3v) is 4.36. The molecule has 0 aromatic carbocycles. The van der Waals surface area contributed by atoms with Crippen molar-refractivity contribution in [3.05, 3.63) is 0 Å². The Morgan fingerprint density at radius 3 is 2.20 bits per heavy atom. The average Bonchev–Trinajstić information content (AvgIpc) is 2.59. The zero-order valence-corrected chi connectivity index (χ0v) is 9.88. The van der Waals surface area contributed by atoms with Gasteiger partial charge >= 0.3 is 0 Å². The zero-order chi connectivity index (χ0) is 10.5. The molecule has 2 nitrogen and oxygen atoms in total. The third-order valence-electron chi connectivity index (χ3n) is 4.36. The molecular formula is C13H26N2. The Balaban J connectivity index is 1.92. The van der Waals surface area contributed by atoms with Crippen LogP contribution in [0.15, 0.2) is 0 Å². The molecule has 15 heavy (non-hydrogen) atoms. The van der Waals surface area contributed by atoms with Gasteiger partial charge in [0.1, 0.15) is 0 Å². The van der Waals surface area contributed by atoms with Gasteiger partial charge in [-0.2, -0.15) is 0 Å². The summed E-state index contributed by atoms with van der Waals surface area (Å²) in [6.07, 6.45) is 11.2. The van der Waals surface area contributed by atoms with E-state index in [4.69, 9.17) is 5.73 Å². The summed E-state index contributed by atoms with van der Waals surface area (Å²) in [5, 5.41) is 3.48. The van der Waals surface area contributed by atoms with E-state index < -0.39 is 0 Å². The van der Waals surface area contributed by atoms with E-state index in [1.54, 1.807) is 0 Å². The molecule has 0 amide bonds. The van der Waals surface area contributed by atoms with Gasteiger partial charge in [-0.1, -0.05) is 38.5 Å². The van der Waals surface area contributed by atoms with Gasteiger partial charge in [-0.15, -0.1) is 0 Å². The van der Waals surface area contributed by atoms with Crippen molar-refractivity contribution < 1.29 is 0 Å². The van der Waals surface area contributed by atoms with Crippen molar-refractivity contribution in [1.29, 1.82) is 0 Å². The van der Waals surface area contributed by atoms with Crippen LogP contribution in [0, 0.1) is 11.8 Å². The second-order valence-electron chi connectivity index (χ2n) is 5.41. The van der Waals surface area contributed by atoms with Gasteiger partial charge < -0.3 is 11.1 Å². The highest BCUT2D eigenvalue weighted by molar-refractivity contribution is 4.84. The van der Waals surface area contributed by atoms with Crippen LogP contribution in [-0.2, 0) is 0 Å². The van der Waals surface area contributed by atoms with Crippen LogP contribution in [0.5, 0.6) is 0 Å². The van der Waals surface area contributed by atoms with Crippen molar-refractivity contribution in [2.75, 3.05) is 13.1 Å². The molecule has 88 valence electrons. The van der Waals surface area contributed by atoms with E-state index in [-0.39, 0.29) is 0 Å². The van der Waals surface area contributed by atoms with E-state index in [1.807, 2.05) is 0 Å². The smallest absolute Gasteiger partial charge is 0.00823 e. The molecule has 1 aliphatic carbocycles. The molecule has 0 aromatic rings. The molecule has 0 radical (unpaired) electrons. The topological polar surface area (TPSA) is 38.0 Å². The van der Waals surface area contributed by atoms with Crippen LogP contribution in [-0.4, -0.2) is 19.1 Å². The monoisotopic (exact) mass is 210 g/mol. The number of hydrogen-bond acceptors (Lipinski definition) is 2. The van der Waals surface area contributed by atoms with Gasteiger partial charge in [-0.05, 0) is 37.8 Å². The van der Waals surface area contributed by atoms with Crippen molar-refractivity contribution in [3.63, 3.8) is 0 Å². The minimum absolute atomic E-state index is 0.461. The Kier molecular flexibility index (Phi) is 4.45. The third kappa shape index (κ3) is 3.18. The van der Waals surface area contributed by atoms with Crippen LogP contribution >= 0.6 is 0 Å². The van der Waals surface area contributed by atoms with Gasteiger partial charge in [-0.3, -0.25) is 0 Å². The fraction of sp³-hybridized carbons (Fsp3) is 1.00. The molecule has 2 heteroatoms. The van der Waals surface area contributed by atoms with Crippen LogP contribution in [0.3, 0.4) is 0 Å². The molecule has 2 rings (SSSR count). The first-order valence-electron chi connectivity index (χ1n) is 6.84. The molecule has 0 bridgehead atoms. The number of hydrogen-bond donors (Lipinski definition) is 2. The lowest BCUT2D eigenvalue weighted by Gasteiger charge is -2.29. The largest absolute Gasteiger partial charge is 0.327 e. The molecule has 0 spiro atoms. The molecule has 1 saturated carbocycles. The van der Waals surface area contributed by atoms with E-state index in [1.165, 1.54) is 57.9 Å². The molecule has 2 atom stereocenters. The Hall–Kier alpha value is -0.0800. The van der Waals surface area contributed by atoms with E-state index in [9.17, 15) is 0 Å². The summed E-state index contributed by atoms with van der Waals surface area (Å²) in [4.78, 5) is 0. The fourth-order valence-corrected chi connectivity index (χ4v) is 3.41. The second-order valence-corrected chi connectivity index (χ2v) is 5.41. The van der Waals surface area contributed by atoms with Crippen LogP contribution in [0.1, 0.15) is 51.4 Å². The highest BCUT2D eigenvalue weighted by Crippen LogP contribution is 2.33. The Morgan fingerprint density at radius 1 is 0.800 bits per heavy atom. The molecule has 3 N–H and O–H groups in total. The normalized spacial score (nSPS) is 35.8. The number of rotatable bonds is 1.